The lowest BCUT2D eigenvalue weighted by molar-refractivity contribution is -0.137. The molecule has 0 bridgehead atoms. The SMILES string of the molecule is NC(=O)C1OCCC1C(=O)NCc1ncc(Nc2ccc(Cl)cc2C(F)(F)F)cc1F. The van der Waals surface area contributed by atoms with E-state index in [0.29, 0.717) is 6.42 Å². The normalized spacial score (nSPS) is 18.6. The van der Waals surface area contributed by atoms with Gasteiger partial charge in [-0.1, -0.05) is 11.6 Å². The van der Waals surface area contributed by atoms with E-state index in [1.807, 2.05) is 0 Å². The lowest BCUT2D eigenvalue weighted by Gasteiger charge is -2.16. The minimum absolute atomic E-state index is 0.0293. The molecule has 1 aromatic heterocycles. The van der Waals surface area contributed by atoms with Crippen molar-refractivity contribution in [3.05, 3.63) is 52.6 Å². The summed E-state index contributed by atoms with van der Waals surface area (Å²) in [5.74, 6) is -2.94. The summed E-state index contributed by atoms with van der Waals surface area (Å²) in [6.45, 7) is -0.0923. The van der Waals surface area contributed by atoms with Crippen LogP contribution < -0.4 is 16.4 Å². The van der Waals surface area contributed by atoms with E-state index in [9.17, 15) is 27.2 Å². The molecule has 2 aromatic rings. The number of primary amides is 1. The smallest absolute Gasteiger partial charge is 0.368 e. The Kier molecular flexibility index (Phi) is 6.65. The Bertz CT molecular complexity index is 1000. The number of aromatic nitrogens is 1. The number of alkyl halides is 3. The molecule has 4 N–H and O–H groups in total. The van der Waals surface area contributed by atoms with Crippen LogP contribution in [0, 0.1) is 11.7 Å². The summed E-state index contributed by atoms with van der Waals surface area (Å²) in [7, 11) is 0. The third-order valence-electron chi connectivity index (χ3n) is 4.62. The number of rotatable bonds is 6. The van der Waals surface area contributed by atoms with Crippen LogP contribution in [0.4, 0.5) is 28.9 Å². The van der Waals surface area contributed by atoms with Gasteiger partial charge in [-0.05, 0) is 24.6 Å². The van der Waals surface area contributed by atoms with Crippen LogP contribution in [0.3, 0.4) is 0 Å². The quantitative estimate of drug-likeness (QED) is 0.574. The first-order valence-electron chi connectivity index (χ1n) is 9.03. The fourth-order valence-corrected chi connectivity index (χ4v) is 3.29. The van der Waals surface area contributed by atoms with Gasteiger partial charge in [0.2, 0.25) is 11.8 Å². The summed E-state index contributed by atoms with van der Waals surface area (Å²) in [5.41, 5.74) is 3.68. The molecule has 7 nitrogen and oxygen atoms in total. The molecular formula is C19H17ClF4N4O3. The standard InChI is InChI=1S/C19H17ClF4N4O3/c20-9-1-2-14(12(5-9)19(22,23)24)28-10-6-13(21)15(26-7-10)8-27-18(30)11-3-4-31-16(11)17(25)29/h1-2,5-7,11,16,28H,3-4,8H2,(H2,25,29)(H,27,30). The van der Waals surface area contributed by atoms with Gasteiger partial charge >= 0.3 is 6.18 Å². The molecule has 1 fully saturated rings. The number of nitrogens with one attached hydrogen (secondary N) is 2. The van der Waals surface area contributed by atoms with Gasteiger partial charge in [-0.3, -0.25) is 14.6 Å². The highest BCUT2D eigenvalue weighted by Gasteiger charge is 2.38. The lowest BCUT2D eigenvalue weighted by Crippen LogP contribution is -2.41. The van der Waals surface area contributed by atoms with E-state index in [4.69, 9.17) is 22.1 Å². The summed E-state index contributed by atoms with van der Waals surface area (Å²) in [6.07, 6.45) is -4.30. The zero-order chi connectivity index (χ0) is 22.8. The maximum absolute atomic E-state index is 14.4. The van der Waals surface area contributed by atoms with Crippen LogP contribution in [-0.4, -0.2) is 29.5 Å². The van der Waals surface area contributed by atoms with Crippen molar-refractivity contribution in [3.8, 4) is 0 Å². The van der Waals surface area contributed by atoms with Crippen molar-refractivity contribution in [2.45, 2.75) is 25.2 Å². The number of amides is 2. The van der Waals surface area contributed by atoms with Crippen molar-refractivity contribution < 1.29 is 31.9 Å². The Morgan fingerprint density at radius 3 is 2.68 bits per heavy atom. The Hall–Kier alpha value is -2.92. The second kappa shape index (κ2) is 9.06. The first kappa shape index (κ1) is 22.8. The van der Waals surface area contributed by atoms with Gasteiger partial charge in [0.15, 0.2) is 0 Å². The molecule has 0 spiro atoms. The summed E-state index contributed by atoms with van der Waals surface area (Å²) in [5, 5.41) is 4.83. The minimum atomic E-state index is -4.67. The van der Waals surface area contributed by atoms with Gasteiger partial charge < -0.3 is 21.1 Å². The van der Waals surface area contributed by atoms with Gasteiger partial charge in [0.05, 0.1) is 41.3 Å². The molecule has 2 unspecified atom stereocenters. The van der Waals surface area contributed by atoms with Gasteiger partial charge in [-0.15, -0.1) is 0 Å². The highest BCUT2D eigenvalue weighted by molar-refractivity contribution is 6.30. The Labute approximate surface area is 178 Å². The van der Waals surface area contributed by atoms with Gasteiger partial charge in [-0.25, -0.2) is 4.39 Å². The zero-order valence-electron chi connectivity index (χ0n) is 15.8. The van der Waals surface area contributed by atoms with Crippen molar-refractivity contribution in [3.63, 3.8) is 0 Å². The number of carbonyl (C=O) groups is 2. The molecule has 1 aliphatic heterocycles. The number of hydrogen-bond donors (Lipinski definition) is 3. The number of hydrogen-bond acceptors (Lipinski definition) is 5. The number of ether oxygens (including phenoxy) is 1. The largest absolute Gasteiger partial charge is 0.418 e. The third kappa shape index (κ3) is 5.42. The third-order valence-corrected chi connectivity index (χ3v) is 4.86. The molecule has 0 aliphatic carbocycles. The summed E-state index contributed by atoms with van der Waals surface area (Å²) >= 11 is 5.64. The van der Waals surface area contributed by atoms with Crippen molar-refractivity contribution in [2.75, 3.05) is 11.9 Å². The van der Waals surface area contributed by atoms with E-state index in [1.54, 1.807) is 0 Å². The molecule has 1 saturated heterocycles. The molecule has 31 heavy (non-hydrogen) atoms. The predicted molar refractivity (Wildman–Crippen MR) is 103 cm³/mol. The summed E-state index contributed by atoms with van der Waals surface area (Å²) in [6, 6.07) is 4.09. The lowest BCUT2D eigenvalue weighted by atomic mass is 10.00. The Morgan fingerprint density at radius 2 is 2.03 bits per heavy atom. The number of pyridine rings is 1. The molecular weight excluding hydrogens is 444 g/mol. The van der Waals surface area contributed by atoms with Gasteiger partial charge in [-0.2, -0.15) is 13.2 Å². The highest BCUT2D eigenvalue weighted by Crippen LogP contribution is 2.37. The van der Waals surface area contributed by atoms with E-state index in [1.165, 1.54) is 6.07 Å². The Morgan fingerprint density at radius 1 is 1.29 bits per heavy atom. The van der Waals surface area contributed by atoms with Gasteiger partial charge in [0.25, 0.3) is 0 Å². The van der Waals surface area contributed by atoms with Crippen molar-refractivity contribution in [1.29, 1.82) is 0 Å². The molecule has 12 heteroatoms. The van der Waals surface area contributed by atoms with E-state index in [-0.39, 0.29) is 35.2 Å². The molecule has 1 aliphatic rings. The summed E-state index contributed by atoms with van der Waals surface area (Å²) < 4.78 is 59.1. The summed E-state index contributed by atoms with van der Waals surface area (Å²) in [4.78, 5) is 27.4. The van der Waals surface area contributed by atoms with Gasteiger partial charge in [0, 0.05) is 17.7 Å². The minimum Gasteiger partial charge on any atom is -0.368 e. The molecule has 166 valence electrons. The van der Waals surface area contributed by atoms with Crippen LogP contribution in [0.15, 0.2) is 30.5 Å². The maximum Gasteiger partial charge on any atom is 0.418 e. The number of nitrogens with zero attached hydrogens (tertiary/aromatic N) is 1. The van der Waals surface area contributed by atoms with Crippen molar-refractivity contribution >= 4 is 34.8 Å². The molecule has 2 atom stereocenters. The average molecular weight is 461 g/mol. The van der Waals surface area contributed by atoms with E-state index in [2.05, 4.69) is 15.6 Å². The van der Waals surface area contributed by atoms with Crippen LogP contribution in [0.25, 0.3) is 0 Å². The van der Waals surface area contributed by atoms with Crippen LogP contribution in [0.5, 0.6) is 0 Å². The number of carbonyl (C=O) groups excluding carboxylic acids is 2. The topological polar surface area (TPSA) is 106 Å². The number of benzene rings is 1. The monoisotopic (exact) mass is 460 g/mol. The average Bonchev–Trinajstić information content (AvgIpc) is 3.18. The van der Waals surface area contributed by atoms with Gasteiger partial charge in [0.1, 0.15) is 11.9 Å². The van der Waals surface area contributed by atoms with Crippen LogP contribution in [-0.2, 0) is 27.0 Å². The molecule has 2 heterocycles. The Balaban J connectivity index is 1.69. The van der Waals surface area contributed by atoms with E-state index < -0.39 is 41.4 Å². The fourth-order valence-electron chi connectivity index (χ4n) is 3.12. The zero-order valence-corrected chi connectivity index (χ0v) is 16.6. The first-order valence-corrected chi connectivity index (χ1v) is 9.41. The molecule has 3 rings (SSSR count). The van der Waals surface area contributed by atoms with Crippen LogP contribution >= 0.6 is 11.6 Å². The van der Waals surface area contributed by atoms with E-state index in [0.717, 1.165) is 24.4 Å². The molecule has 1 aromatic carbocycles. The van der Waals surface area contributed by atoms with Crippen LogP contribution in [0.2, 0.25) is 5.02 Å². The molecule has 0 radical (unpaired) electrons. The maximum atomic E-state index is 14.4. The van der Waals surface area contributed by atoms with Crippen molar-refractivity contribution in [2.24, 2.45) is 11.7 Å². The number of nitrogens with two attached hydrogens (primary N) is 1. The second-order valence-corrected chi connectivity index (χ2v) is 7.21. The molecule has 0 saturated carbocycles. The highest BCUT2D eigenvalue weighted by atomic mass is 35.5. The first-order chi connectivity index (χ1) is 14.6. The van der Waals surface area contributed by atoms with Crippen LogP contribution in [0.1, 0.15) is 17.7 Å². The van der Waals surface area contributed by atoms with E-state index >= 15 is 0 Å². The fraction of sp³-hybridized carbons (Fsp3) is 0.316. The molecule has 2 amide bonds. The predicted octanol–water partition coefficient (Wildman–Crippen LogP) is 3.14. The van der Waals surface area contributed by atoms with Crippen molar-refractivity contribution in [1.82, 2.24) is 10.3 Å². The number of anilines is 2. The number of halogens is 5. The second-order valence-electron chi connectivity index (χ2n) is 6.77.